The number of fused-ring (bicyclic) bond motifs is 1. The Kier molecular flexibility index (Phi) is 3.87. The second kappa shape index (κ2) is 5.58. The van der Waals surface area contributed by atoms with Crippen molar-refractivity contribution in [3.8, 4) is 11.5 Å². The summed E-state index contributed by atoms with van der Waals surface area (Å²) in [7, 11) is 1.65. The van der Waals surface area contributed by atoms with E-state index in [1.54, 1.807) is 13.2 Å². The fraction of sp³-hybridized carbons (Fsp3) is 0.357. The number of methoxy groups -OCH3 is 1. The standard InChI is InChI=1S/C14H17NO3/c1-3-4-14(16)15-9-12-8-10-7-11(17-2)5-6-13(10)18-12/h3-7,12H,8-9H2,1-2H3,(H,15,16)/b4-3+. The van der Waals surface area contributed by atoms with Crippen molar-refractivity contribution in [1.82, 2.24) is 5.32 Å². The Labute approximate surface area is 107 Å². The van der Waals surface area contributed by atoms with Gasteiger partial charge in [-0.15, -0.1) is 0 Å². The van der Waals surface area contributed by atoms with Crippen LogP contribution in [0, 0.1) is 0 Å². The van der Waals surface area contributed by atoms with Gasteiger partial charge in [0, 0.05) is 12.0 Å². The molecule has 1 heterocycles. The normalized spacial score (nSPS) is 17.3. The van der Waals surface area contributed by atoms with Gasteiger partial charge in [-0.2, -0.15) is 0 Å². The molecule has 1 aliphatic rings. The topological polar surface area (TPSA) is 47.6 Å². The zero-order valence-electron chi connectivity index (χ0n) is 10.6. The van der Waals surface area contributed by atoms with Gasteiger partial charge in [0.05, 0.1) is 13.7 Å². The molecule has 18 heavy (non-hydrogen) atoms. The molecular formula is C14H17NO3. The number of hydrogen-bond donors (Lipinski definition) is 1. The second-order valence-electron chi connectivity index (χ2n) is 4.16. The van der Waals surface area contributed by atoms with Crippen LogP contribution in [0.2, 0.25) is 0 Å². The molecule has 1 N–H and O–H groups in total. The Bertz CT molecular complexity index is 468. The van der Waals surface area contributed by atoms with Gasteiger partial charge in [-0.05, 0) is 31.2 Å². The van der Waals surface area contributed by atoms with Gasteiger partial charge in [-0.3, -0.25) is 4.79 Å². The molecule has 4 heteroatoms. The van der Waals surface area contributed by atoms with E-state index in [4.69, 9.17) is 9.47 Å². The number of nitrogens with one attached hydrogen (secondary N) is 1. The van der Waals surface area contributed by atoms with E-state index < -0.39 is 0 Å². The van der Waals surface area contributed by atoms with E-state index in [2.05, 4.69) is 5.32 Å². The highest BCUT2D eigenvalue weighted by Gasteiger charge is 2.23. The second-order valence-corrected chi connectivity index (χ2v) is 4.16. The summed E-state index contributed by atoms with van der Waals surface area (Å²) in [5, 5.41) is 2.81. The van der Waals surface area contributed by atoms with Gasteiger partial charge in [-0.1, -0.05) is 6.08 Å². The molecule has 0 saturated heterocycles. The van der Waals surface area contributed by atoms with Crippen molar-refractivity contribution in [1.29, 1.82) is 0 Å². The maximum absolute atomic E-state index is 11.3. The molecule has 0 fully saturated rings. The highest BCUT2D eigenvalue weighted by Crippen LogP contribution is 2.31. The smallest absolute Gasteiger partial charge is 0.243 e. The third kappa shape index (κ3) is 2.83. The first-order valence-corrected chi connectivity index (χ1v) is 5.97. The van der Waals surface area contributed by atoms with Crippen LogP contribution in [-0.2, 0) is 11.2 Å². The lowest BCUT2D eigenvalue weighted by Crippen LogP contribution is -2.33. The van der Waals surface area contributed by atoms with E-state index >= 15 is 0 Å². The van der Waals surface area contributed by atoms with Gasteiger partial charge in [0.1, 0.15) is 17.6 Å². The van der Waals surface area contributed by atoms with Crippen molar-refractivity contribution in [3.05, 3.63) is 35.9 Å². The van der Waals surface area contributed by atoms with Crippen LogP contribution >= 0.6 is 0 Å². The van der Waals surface area contributed by atoms with Gasteiger partial charge in [-0.25, -0.2) is 0 Å². The maximum Gasteiger partial charge on any atom is 0.243 e. The zero-order chi connectivity index (χ0) is 13.0. The first kappa shape index (κ1) is 12.5. The van der Waals surface area contributed by atoms with Crippen molar-refractivity contribution in [2.24, 2.45) is 0 Å². The van der Waals surface area contributed by atoms with Crippen LogP contribution in [0.25, 0.3) is 0 Å². The predicted molar refractivity (Wildman–Crippen MR) is 68.9 cm³/mol. The van der Waals surface area contributed by atoms with Crippen LogP contribution in [0.4, 0.5) is 0 Å². The van der Waals surface area contributed by atoms with Crippen molar-refractivity contribution in [3.63, 3.8) is 0 Å². The molecule has 4 nitrogen and oxygen atoms in total. The van der Waals surface area contributed by atoms with Gasteiger partial charge in [0.2, 0.25) is 5.91 Å². The third-order valence-electron chi connectivity index (χ3n) is 2.83. The fourth-order valence-electron chi connectivity index (χ4n) is 1.96. The Morgan fingerprint density at radius 1 is 1.61 bits per heavy atom. The molecule has 0 radical (unpaired) electrons. The largest absolute Gasteiger partial charge is 0.497 e. The molecule has 0 aliphatic carbocycles. The van der Waals surface area contributed by atoms with E-state index in [9.17, 15) is 4.79 Å². The van der Waals surface area contributed by atoms with E-state index in [0.717, 1.165) is 23.5 Å². The summed E-state index contributed by atoms with van der Waals surface area (Å²) in [6.45, 7) is 2.33. The van der Waals surface area contributed by atoms with Crippen LogP contribution in [0.5, 0.6) is 11.5 Å². The number of rotatable bonds is 4. The Morgan fingerprint density at radius 3 is 3.17 bits per heavy atom. The Morgan fingerprint density at radius 2 is 2.44 bits per heavy atom. The average Bonchev–Trinajstić information content (AvgIpc) is 2.78. The third-order valence-corrected chi connectivity index (χ3v) is 2.83. The Hall–Kier alpha value is -1.97. The first-order valence-electron chi connectivity index (χ1n) is 5.97. The van der Waals surface area contributed by atoms with Crippen LogP contribution in [-0.4, -0.2) is 25.7 Å². The molecule has 2 rings (SSSR count). The number of carbonyl (C=O) groups excluding carboxylic acids is 1. The highest BCUT2D eigenvalue weighted by molar-refractivity contribution is 5.87. The zero-order valence-corrected chi connectivity index (χ0v) is 10.6. The van der Waals surface area contributed by atoms with E-state index in [-0.39, 0.29) is 12.0 Å². The molecular weight excluding hydrogens is 230 g/mol. The van der Waals surface area contributed by atoms with Gasteiger partial charge >= 0.3 is 0 Å². The van der Waals surface area contributed by atoms with Crippen LogP contribution < -0.4 is 14.8 Å². The molecule has 1 amide bonds. The summed E-state index contributed by atoms with van der Waals surface area (Å²) in [5.74, 6) is 1.62. The number of hydrogen-bond acceptors (Lipinski definition) is 3. The minimum Gasteiger partial charge on any atom is -0.497 e. The Balaban J connectivity index is 1.91. The van der Waals surface area contributed by atoms with Crippen molar-refractivity contribution in [2.75, 3.05) is 13.7 Å². The number of ether oxygens (including phenoxy) is 2. The number of allylic oxidation sites excluding steroid dienone is 1. The number of benzene rings is 1. The molecule has 1 aromatic carbocycles. The van der Waals surface area contributed by atoms with E-state index in [1.165, 1.54) is 6.08 Å². The molecule has 1 aliphatic heterocycles. The summed E-state index contributed by atoms with van der Waals surface area (Å²) in [4.78, 5) is 11.3. The van der Waals surface area contributed by atoms with E-state index in [1.807, 2.05) is 25.1 Å². The van der Waals surface area contributed by atoms with Crippen molar-refractivity contribution in [2.45, 2.75) is 19.4 Å². The maximum atomic E-state index is 11.3. The molecule has 0 spiro atoms. The van der Waals surface area contributed by atoms with Crippen LogP contribution in [0.3, 0.4) is 0 Å². The lowest BCUT2D eigenvalue weighted by Gasteiger charge is -2.10. The van der Waals surface area contributed by atoms with Gasteiger partial charge in [0.25, 0.3) is 0 Å². The summed E-state index contributed by atoms with van der Waals surface area (Å²) in [5.41, 5.74) is 1.12. The molecule has 0 aromatic heterocycles. The van der Waals surface area contributed by atoms with Crippen LogP contribution in [0.15, 0.2) is 30.4 Å². The molecule has 0 saturated carbocycles. The average molecular weight is 247 g/mol. The SMILES string of the molecule is C/C=C/C(=O)NCC1Cc2cc(OC)ccc2O1. The molecule has 0 bridgehead atoms. The molecule has 96 valence electrons. The lowest BCUT2D eigenvalue weighted by atomic mass is 10.1. The predicted octanol–water partition coefficient (Wildman–Crippen LogP) is 1.69. The number of carbonyl (C=O) groups is 1. The minimum atomic E-state index is -0.0883. The highest BCUT2D eigenvalue weighted by atomic mass is 16.5. The molecule has 1 unspecified atom stereocenters. The summed E-state index contributed by atoms with van der Waals surface area (Å²) < 4.78 is 10.9. The van der Waals surface area contributed by atoms with Crippen molar-refractivity contribution >= 4 is 5.91 Å². The first-order chi connectivity index (χ1) is 8.72. The lowest BCUT2D eigenvalue weighted by molar-refractivity contribution is -0.116. The van der Waals surface area contributed by atoms with Gasteiger partial charge < -0.3 is 14.8 Å². The quantitative estimate of drug-likeness (QED) is 0.824. The summed E-state index contributed by atoms with van der Waals surface area (Å²) >= 11 is 0. The summed E-state index contributed by atoms with van der Waals surface area (Å²) in [6, 6.07) is 5.75. The number of amides is 1. The van der Waals surface area contributed by atoms with Crippen LogP contribution in [0.1, 0.15) is 12.5 Å². The summed E-state index contributed by atoms with van der Waals surface area (Å²) in [6.07, 6.45) is 4.01. The molecule has 1 aromatic rings. The van der Waals surface area contributed by atoms with Crippen molar-refractivity contribution < 1.29 is 14.3 Å². The molecule has 1 atom stereocenters. The monoisotopic (exact) mass is 247 g/mol. The van der Waals surface area contributed by atoms with Gasteiger partial charge in [0.15, 0.2) is 0 Å². The fourth-order valence-corrected chi connectivity index (χ4v) is 1.96. The minimum absolute atomic E-state index is 0.00122. The van der Waals surface area contributed by atoms with E-state index in [0.29, 0.717) is 6.54 Å².